The van der Waals surface area contributed by atoms with Gasteiger partial charge in [0.05, 0.1) is 5.75 Å². The number of amides is 2. The summed E-state index contributed by atoms with van der Waals surface area (Å²) >= 11 is 0. The number of rotatable bonds is 7. The maximum absolute atomic E-state index is 11.4. The van der Waals surface area contributed by atoms with Crippen molar-refractivity contribution in [3.8, 4) is 0 Å². The maximum atomic E-state index is 11.4. The first kappa shape index (κ1) is 17.3. The first-order chi connectivity index (χ1) is 8.69. The number of hydrogen-bond acceptors (Lipinski definition) is 5. The molecule has 0 saturated carbocycles. The Kier molecular flexibility index (Phi) is 7.02. The highest BCUT2D eigenvalue weighted by molar-refractivity contribution is 7.86. The molecule has 0 unspecified atom stereocenters. The van der Waals surface area contributed by atoms with Crippen LogP contribution in [0.5, 0.6) is 0 Å². The third-order valence-corrected chi connectivity index (χ3v) is 3.12. The lowest BCUT2D eigenvalue weighted by atomic mass is 10.2. The maximum Gasteiger partial charge on any atom is 0.287 e. The molecule has 0 aromatic heterocycles. The molecule has 0 heterocycles. The summed E-state index contributed by atoms with van der Waals surface area (Å²) in [5, 5.41) is 0. The van der Waals surface area contributed by atoms with Gasteiger partial charge in [-0.25, -0.2) is 5.48 Å². The second-order valence-electron chi connectivity index (χ2n) is 3.87. The van der Waals surface area contributed by atoms with Crippen LogP contribution in [0.15, 0.2) is 24.3 Å². The first-order valence-corrected chi connectivity index (χ1v) is 7.07. The van der Waals surface area contributed by atoms with Gasteiger partial charge >= 0.3 is 0 Å². The van der Waals surface area contributed by atoms with Gasteiger partial charge in [-0.15, -0.1) is 4.28 Å². The van der Waals surface area contributed by atoms with Crippen LogP contribution in [-0.2, 0) is 24.0 Å². The zero-order chi connectivity index (χ0) is 15.1. The molecule has 0 bridgehead atoms. The zero-order valence-electron chi connectivity index (χ0n) is 11.2. The minimum absolute atomic E-state index is 0.0955. The molecule has 0 fully saturated rings. The number of carbonyl (C=O) groups excluding carboxylic acids is 2. The van der Waals surface area contributed by atoms with Crippen molar-refractivity contribution in [2.75, 3.05) is 19.8 Å². The second kappa shape index (κ2) is 7.70. The highest BCUT2D eigenvalue weighted by Gasteiger charge is 2.13. The van der Waals surface area contributed by atoms with E-state index in [1.807, 2.05) is 0 Å². The SMILES string of the molecule is C=C(C=CC(=O)N(C)C)C(=O)NOS(=O)(=O)CCC. The average Bonchev–Trinajstić information content (AvgIpc) is 2.32. The van der Waals surface area contributed by atoms with Crippen LogP contribution in [0.2, 0.25) is 0 Å². The zero-order valence-corrected chi connectivity index (χ0v) is 12.0. The largest absolute Gasteiger partial charge is 0.345 e. The minimum Gasteiger partial charge on any atom is -0.345 e. The Morgan fingerprint density at radius 2 is 1.89 bits per heavy atom. The third kappa shape index (κ3) is 7.37. The van der Waals surface area contributed by atoms with E-state index in [2.05, 4.69) is 10.9 Å². The topological polar surface area (TPSA) is 92.8 Å². The number of likely N-dealkylation sites (N-methyl/N-ethyl adjacent to an activating group) is 1. The quantitative estimate of drug-likeness (QED) is 0.404. The monoisotopic (exact) mass is 290 g/mol. The molecule has 0 spiro atoms. The van der Waals surface area contributed by atoms with E-state index in [1.165, 1.54) is 11.0 Å². The highest BCUT2D eigenvalue weighted by Crippen LogP contribution is 1.97. The van der Waals surface area contributed by atoms with Crippen LogP contribution >= 0.6 is 0 Å². The van der Waals surface area contributed by atoms with Crippen LogP contribution in [-0.4, -0.2) is 45.0 Å². The molecule has 0 aliphatic rings. The van der Waals surface area contributed by atoms with Gasteiger partial charge in [0.2, 0.25) is 5.91 Å². The van der Waals surface area contributed by atoms with E-state index < -0.39 is 16.0 Å². The van der Waals surface area contributed by atoms with E-state index in [0.717, 1.165) is 6.08 Å². The van der Waals surface area contributed by atoms with Gasteiger partial charge < -0.3 is 4.90 Å². The third-order valence-electron chi connectivity index (χ3n) is 1.87. The Morgan fingerprint density at radius 1 is 1.32 bits per heavy atom. The average molecular weight is 290 g/mol. The number of hydroxylamine groups is 1. The van der Waals surface area contributed by atoms with E-state index in [4.69, 9.17) is 0 Å². The van der Waals surface area contributed by atoms with E-state index in [1.54, 1.807) is 26.5 Å². The van der Waals surface area contributed by atoms with Crippen LogP contribution in [0.25, 0.3) is 0 Å². The lowest BCUT2D eigenvalue weighted by molar-refractivity contribution is -0.123. The standard InChI is InChI=1S/C11H18N2O5S/c1-5-8-19(16,17)18-12-11(15)9(2)6-7-10(14)13(3)4/h6-7H,2,5,8H2,1,3-4H3,(H,12,15). The molecular weight excluding hydrogens is 272 g/mol. The van der Waals surface area contributed by atoms with Gasteiger partial charge in [-0.05, 0) is 12.5 Å². The lowest BCUT2D eigenvalue weighted by Gasteiger charge is -2.06. The summed E-state index contributed by atoms with van der Waals surface area (Å²) in [6.07, 6.45) is 2.69. The molecule has 0 aliphatic carbocycles. The Balaban J connectivity index is 4.38. The normalized spacial score (nSPS) is 11.3. The fourth-order valence-corrected chi connectivity index (χ4v) is 1.64. The van der Waals surface area contributed by atoms with Crippen molar-refractivity contribution >= 4 is 21.9 Å². The van der Waals surface area contributed by atoms with E-state index in [-0.39, 0.29) is 17.2 Å². The number of hydrogen-bond donors (Lipinski definition) is 1. The molecule has 0 radical (unpaired) electrons. The molecule has 1 N–H and O–H groups in total. The van der Waals surface area contributed by atoms with Crippen molar-refractivity contribution < 1.29 is 22.3 Å². The predicted molar refractivity (Wildman–Crippen MR) is 70.3 cm³/mol. The molecule has 0 saturated heterocycles. The van der Waals surface area contributed by atoms with Gasteiger partial charge in [0.25, 0.3) is 16.0 Å². The molecule has 0 atom stereocenters. The Morgan fingerprint density at radius 3 is 2.37 bits per heavy atom. The number of nitrogens with zero attached hydrogens (tertiary/aromatic N) is 1. The number of nitrogens with one attached hydrogen (secondary N) is 1. The molecule has 0 aromatic rings. The summed E-state index contributed by atoms with van der Waals surface area (Å²) in [5.41, 5.74) is 1.66. The Hall–Kier alpha value is -1.67. The fraction of sp³-hybridized carbons (Fsp3) is 0.455. The van der Waals surface area contributed by atoms with Gasteiger partial charge in [0.1, 0.15) is 0 Å². The van der Waals surface area contributed by atoms with Gasteiger partial charge in [0, 0.05) is 25.7 Å². The lowest BCUT2D eigenvalue weighted by Crippen LogP contribution is -2.29. The summed E-state index contributed by atoms with van der Waals surface area (Å²) in [6.45, 7) is 5.05. The molecule has 7 nitrogen and oxygen atoms in total. The van der Waals surface area contributed by atoms with Gasteiger partial charge in [-0.3, -0.25) is 9.59 Å². The first-order valence-electron chi connectivity index (χ1n) is 5.49. The van der Waals surface area contributed by atoms with E-state index in [0.29, 0.717) is 6.42 Å². The second-order valence-corrected chi connectivity index (χ2v) is 5.56. The summed E-state index contributed by atoms with van der Waals surface area (Å²) in [6, 6.07) is 0. The number of carbonyl (C=O) groups is 2. The highest BCUT2D eigenvalue weighted by atomic mass is 32.2. The van der Waals surface area contributed by atoms with Gasteiger partial charge in [-0.1, -0.05) is 13.5 Å². The van der Waals surface area contributed by atoms with Gasteiger partial charge in [0.15, 0.2) is 0 Å². The Labute approximate surface area is 113 Å². The predicted octanol–water partition coefficient (Wildman–Crippen LogP) is -0.0254. The van der Waals surface area contributed by atoms with E-state index >= 15 is 0 Å². The molecule has 108 valence electrons. The van der Waals surface area contributed by atoms with Crippen LogP contribution in [0.4, 0.5) is 0 Å². The van der Waals surface area contributed by atoms with Crippen LogP contribution < -0.4 is 5.48 Å². The summed E-state index contributed by atoms with van der Waals surface area (Å²) in [4.78, 5) is 23.9. The molecule has 0 aromatic carbocycles. The van der Waals surface area contributed by atoms with E-state index in [9.17, 15) is 18.0 Å². The van der Waals surface area contributed by atoms with Crippen LogP contribution in [0, 0.1) is 0 Å². The van der Waals surface area contributed by atoms with Crippen molar-refractivity contribution in [3.63, 3.8) is 0 Å². The minimum atomic E-state index is -3.78. The Bertz CT molecular complexity index is 479. The van der Waals surface area contributed by atoms with Gasteiger partial charge in [-0.2, -0.15) is 8.42 Å². The van der Waals surface area contributed by atoms with Crippen LogP contribution in [0.1, 0.15) is 13.3 Å². The molecule has 0 aliphatic heterocycles. The van der Waals surface area contributed by atoms with Crippen molar-refractivity contribution in [2.45, 2.75) is 13.3 Å². The fourth-order valence-electron chi connectivity index (χ4n) is 0.855. The van der Waals surface area contributed by atoms with Crippen molar-refractivity contribution in [1.29, 1.82) is 0 Å². The summed E-state index contributed by atoms with van der Waals surface area (Å²) in [7, 11) is -0.674. The summed E-state index contributed by atoms with van der Waals surface area (Å²) in [5.74, 6) is -1.36. The summed E-state index contributed by atoms with van der Waals surface area (Å²) < 4.78 is 26.6. The van der Waals surface area contributed by atoms with Crippen molar-refractivity contribution in [2.24, 2.45) is 0 Å². The molecule has 8 heteroatoms. The van der Waals surface area contributed by atoms with Crippen LogP contribution in [0.3, 0.4) is 0 Å². The smallest absolute Gasteiger partial charge is 0.287 e. The molecule has 19 heavy (non-hydrogen) atoms. The molecule has 0 rings (SSSR count). The van der Waals surface area contributed by atoms with Crippen molar-refractivity contribution in [3.05, 3.63) is 24.3 Å². The van der Waals surface area contributed by atoms with Crippen molar-refractivity contribution in [1.82, 2.24) is 10.4 Å². The molecular formula is C11H18N2O5S. The molecule has 2 amide bonds.